The van der Waals surface area contributed by atoms with Crippen molar-refractivity contribution in [1.29, 1.82) is 0 Å². The van der Waals surface area contributed by atoms with E-state index >= 15 is 0 Å². The number of pyridine rings is 1. The van der Waals surface area contributed by atoms with Crippen molar-refractivity contribution in [3.05, 3.63) is 84.2 Å². The molecule has 4 rings (SSSR count). The van der Waals surface area contributed by atoms with Crippen molar-refractivity contribution in [1.82, 2.24) is 15.0 Å². The number of aromatic nitrogens is 3. The molecule has 0 saturated heterocycles. The highest BCUT2D eigenvalue weighted by molar-refractivity contribution is 6.05. The number of benzene rings is 2. The van der Waals surface area contributed by atoms with Gasteiger partial charge >= 0.3 is 0 Å². The van der Waals surface area contributed by atoms with E-state index in [0.29, 0.717) is 12.1 Å². The number of anilines is 2. The van der Waals surface area contributed by atoms with Crippen LogP contribution in [-0.2, 0) is 6.54 Å². The minimum Gasteiger partial charge on any atom is -0.352 e. The molecule has 0 atom stereocenters. The van der Waals surface area contributed by atoms with Crippen molar-refractivity contribution in [2.45, 2.75) is 6.54 Å². The molecule has 6 nitrogen and oxygen atoms in total. The Hall–Kier alpha value is -3.67. The third-order valence-corrected chi connectivity index (χ3v) is 4.40. The zero-order valence-electron chi connectivity index (χ0n) is 14.9. The number of carbonyl (C=O) groups is 1. The number of H-pyrrole nitrogens is 1. The maximum Gasteiger partial charge on any atom is 0.258 e. The molecule has 0 aliphatic carbocycles. The zero-order valence-corrected chi connectivity index (χ0v) is 14.9. The largest absolute Gasteiger partial charge is 0.352 e. The van der Waals surface area contributed by atoms with Crippen LogP contribution in [0.4, 0.5) is 11.6 Å². The Labute approximate surface area is 156 Å². The number of hydrogen-bond acceptors (Lipinski definition) is 4. The smallest absolute Gasteiger partial charge is 0.258 e. The van der Waals surface area contributed by atoms with Crippen molar-refractivity contribution in [2.75, 3.05) is 17.3 Å². The molecule has 0 bridgehead atoms. The Kier molecular flexibility index (Phi) is 4.53. The molecule has 1 amide bonds. The van der Waals surface area contributed by atoms with E-state index < -0.39 is 0 Å². The van der Waals surface area contributed by atoms with Gasteiger partial charge in [0.1, 0.15) is 0 Å². The molecule has 2 N–H and O–H groups in total. The van der Waals surface area contributed by atoms with Crippen LogP contribution >= 0.6 is 0 Å². The van der Waals surface area contributed by atoms with E-state index in [1.54, 1.807) is 36.5 Å². The number of amides is 1. The van der Waals surface area contributed by atoms with Gasteiger partial charge in [-0.25, -0.2) is 4.98 Å². The molecular weight excluding hydrogens is 338 g/mol. The highest BCUT2D eigenvalue weighted by Crippen LogP contribution is 2.18. The Morgan fingerprint density at radius 1 is 1.04 bits per heavy atom. The predicted octanol–water partition coefficient (Wildman–Crippen LogP) is 3.85. The number of fused-ring (bicyclic) bond motifs is 1. The number of carbonyl (C=O) groups excluding carboxylic acids is 1. The summed E-state index contributed by atoms with van der Waals surface area (Å²) < 4.78 is 0. The Balaban J connectivity index is 1.41. The molecule has 6 heteroatoms. The Morgan fingerprint density at radius 2 is 1.78 bits per heavy atom. The van der Waals surface area contributed by atoms with Gasteiger partial charge in [-0.05, 0) is 42.0 Å². The molecule has 0 radical (unpaired) electrons. The van der Waals surface area contributed by atoms with Gasteiger partial charge in [0.2, 0.25) is 5.95 Å². The lowest BCUT2D eigenvalue weighted by Crippen LogP contribution is -2.26. The fourth-order valence-electron chi connectivity index (χ4n) is 2.87. The summed E-state index contributed by atoms with van der Waals surface area (Å²) >= 11 is 0. The fourth-order valence-corrected chi connectivity index (χ4v) is 2.87. The molecule has 4 aromatic rings. The molecule has 2 heterocycles. The SMILES string of the molecule is CN(C(=O)c1ccncc1)c1ccc(CNc2nc3ccccc3[nH]2)cc1. The van der Waals surface area contributed by atoms with E-state index in [1.807, 2.05) is 48.5 Å². The van der Waals surface area contributed by atoms with Gasteiger partial charge in [0.15, 0.2) is 0 Å². The van der Waals surface area contributed by atoms with Gasteiger partial charge < -0.3 is 15.2 Å². The Morgan fingerprint density at radius 3 is 2.52 bits per heavy atom. The fraction of sp³-hybridized carbons (Fsp3) is 0.0952. The first kappa shape index (κ1) is 16.8. The average Bonchev–Trinajstić information content (AvgIpc) is 3.15. The maximum absolute atomic E-state index is 12.5. The van der Waals surface area contributed by atoms with Crippen LogP contribution in [0.25, 0.3) is 11.0 Å². The summed E-state index contributed by atoms with van der Waals surface area (Å²) in [5, 5.41) is 3.29. The molecule has 134 valence electrons. The minimum absolute atomic E-state index is 0.0643. The molecule has 27 heavy (non-hydrogen) atoms. The summed E-state index contributed by atoms with van der Waals surface area (Å²) in [7, 11) is 1.77. The first-order chi connectivity index (χ1) is 13.2. The molecule has 0 fully saturated rings. The van der Waals surface area contributed by atoms with Crippen LogP contribution < -0.4 is 10.2 Å². The van der Waals surface area contributed by atoms with Gasteiger partial charge in [-0.2, -0.15) is 0 Å². The molecule has 2 aromatic carbocycles. The first-order valence-electron chi connectivity index (χ1n) is 8.66. The highest BCUT2D eigenvalue weighted by Gasteiger charge is 2.13. The van der Waals surface area contributed by atoms with Gasteiger partial charge in [0.25, 0.3) is 5.91 Å². The van der Waals surface area contributed by atoms with E-state index in [0.717, 1.165) is 28.2 Å². The van der Waals surface area contributed by atoms with Crippen LogP contribution in [0.5, 0.6) is 0 Å². The second kappa shape index (κ2) is 7.29. The number of aromatic amines is 1. The van der Waals surface area contributed by atoms with Gasteiger partial charge in [-0.3, -0.25) is 9.78 Å². The molecule has 0 aliphatic rings. The highest BCUT2D eigenvalue weighted by atomic mass is 16.2. The first-order valence-corrected chi connectivity index (χ1v) is 8.66. The van der Waals surface area contributed by atoms with Crippen molar-refractivity contribution in [3.8, 4) is 0 Å². The van der Waals surface area contributed by atoms with Crippen LogP contribution in [-0.4, -0.2) is 27.9 Å². The number of hydrogen-bond donors (Lipinski definition) is 2. The van der Waals surface area contributed by atoms with E-state index in [9.17, 15) is 4.79 Å². The van der Waals surface area contributed by atoms with Gasteiger partial charge in [0, 0.05) is 37.2 Å². The van der Waals surface area contributed by atoms with E-state index in [2.05, 4.69) is 20.3 Å². The van der Waals surface area contributed by atoms with E-state index in [4.69, 9.17) is 0 Å². The quantitative estimate of drug-likeness (QED) is 0.569. The monoisotopic (exact) mass is 357 g/mol. The van der Waals surface area contributed by atoms with Crippen molar-refractivity contribution < 1.29 is 4.79 Å². The molecule has 0 aliphatic heterocycles. The molecule has 0 saturated carbocycles. The van der Waals surface area contributed by atoms with Crippen molar-refractivity contribution in [2.24, 2.45) is 0 Å². The third-order valence-electron chi connectivity index (χ3n) is 4.40. The van der Waals surface area contributed by atoms with E-state index in [-0.39, 0.29) is 5.91 Å². The number of para-hydroxylation sites is 2. The van der Waals surface area contributed by atoms with Gasteiger partial charge in [-0.15, -0.1) is 0 Å². The number of nitrogens with zero attached hydrogens (tertiary/aromatic N) is 3. The maximum atomic E-state index is 12.5. The van der Waals surface area contributed by atoms with Gasteiger partial charge in [0.05, 0.1) is 11.0 Å². The molecular formula is C21H19N5O. The summed E-state index contributed by atoms with van der Waals surface area (Å²) in [6, 6.07) is 19.2. The summed E-state index contributed by atoms with van der Waals surface area (Å²) in [6.07, 6.45) is 3.24. The second-order valence-corrected chi connectivity index (χ2v) is 6.22. The second-order valence-electron chi connectivity index (χ2n) is 6.22. The van der Waals surface area contributed by atoms with Crippen LogP contribution in [0.15, 0.2) is 73.1 Å². The summed E-state index contributed by atoms with van der Waals surface area (Å²) in [6.45, 7) is 0.641. The zero-order chi connectivity index (χ0) is 18.6. The van der Waals surface area contributed by atoms with Crippen molar-refractivity contribution in [3.63, 3.8) is 0 Å². The predicted molar refractivity (Wildman–Crippen MR) is 107 cm³/mol. The lowest BCUT2D eigenvalue weighted by atomic mass is 10.1. The standard InChI is InChI=1S/C21H19N5O/c1-26(20(27)16-10-12-22-13-11-16)17-8-6-15(7-9-17)14-23-21-24-18-4-2-3-5-19(18)25-21/h2-13H,14H2,1H3,(H2,23,24,25). The Bertz CT molecular complexity index is 1020. The van der Waals surface area contributed by atoms with Crippen LogP contribution in [0, 0.1) is 0 Å². The topological polar surface area (TPSA) is 73.9 Å². The normalized spacial score (nSPS) is 10.7. The lowest BCUT2D eigenvalue weighted by molar-refractivity contribution is 0.0993. The number of nitrogens with one attached hydrogen (secondary N) is 2. The molecule has 2 aromatic heterocycles. The average molecular weight is 357 g/mol. The summed E-state index contributed by atoms with van der Waals surface area (Å²) in [5.74, 6) is 0.677. The minimum atomic E-state index is -0.0643. The van der Waals surface area contributed by atoms with E-state index in [1.165, 1.54) is 0 Å². The van der Waals surface area contributed by atoms with Crippen LogP contribution in [0.1, 0.15) is 15.9 Å². The van der Waals surface area contributed by atoms with Crippen molar-refractivity contribution >= 4 is 28.6 Å². The number of imidazole rings is 1. The van der Waals surface area contributed by atoms with Crippen LogP contribution in [0.2, 0.25) is 0 Å². The van der Waals surface area contributed by atoms with Gasteiger partial charge in [-0.1, -0.05) is 24.3 Å². The number of rotatable bonds is 5. The summed E-state index contributed by atoms with van der Waals surface area (Å²) in [5.41, 5.74) is 4.49. The molecule has 0 spiro atoms. The third kappa shape index (κ3) is 3.64. The molecule has 0 unspecified atom stereocenters. The lowest BCUT2D eigenvalue weighted by Gasteiger charge is -2.17. The summed E-state index contributed by atoms with van der Waals surface area (Å²) in [4.78, 5) is 25.8. The van der Waals surface area contributed by atoms with Crippen LogP contribution in [0.3, 0.4) is 0 Å².